The normalized spacial score (nSPS) is 53.2. The molecule has 0 bridgehead atoms. The fourth-order valence-electron chi connectivity index (χ4n) is 13.7. The van der Waals surface area contributed by atoms with E-state index in [0.717, 1.165) is 50.7 Å². The Labute approximate surface area is 373 Å². The summed E-state index contributed by atoms with van der Waals surface area (Å²) in [6.07, 6.45) is -16.4. The minimum absolute atomic E-state index is 0.0561. The second-order valence-electron chi connectivity index (χ2n) is 21.0. The van der Waals surface area contributed by atoms with E-state index < -0.39 is 124 Å². The van der Waals surface area contributed by atoms with Crippen molar-refractivity contribution >= 4 is 0 Å². The Bertz CT molecular complexity index is 1620. The molecule has 7 fully saturated rings. The lowest BCUT2D eigenvalue weighted by molar-refractivity contribution is -0.376. The fourth-order valence-corrected chi connectivity index (χ4v) is 13.7. The third-order valence-corrected chi connectivity index (χ3v) is 17.4. The maximum atomic E-state index is 11.9. The zero-order valence-corrected chi connectivity index (χ0v) is 37.3. The lowest BCUT2D eigenvalue weighted by Crippen LogP contribution is -2.65. The van der Waals surface area contributed by atoms with Gasteiger partial charge in [0.25, 0.3) is 0 Å². The van der Waals surface area contributed by atoms with E-state index in [-0.39, 0.29) is 35.4 Å². The Morgan fingerprint density at radius 2 is 1.25 bits per heavy atom. The number of aliphatic hydroxyl groups excluding tert-OH is 12. The highest BCUT2D eigenvalue weighted by atomic mass is 16.8. The minimum Gasteiger partial charge on any atom is -0.494 e. The molecule has 4 aliphatic carbocycles. The first-order valence-electron chi connectivity index (χ1n) is 23.6. The highest BCUT2D eigenvalue weighted by molar-refractivity contribution is 5.27. The average molecular weight is 919 g/mol. The van der Waals surface area contributed by atoms with Crippen molar-refractivity contribution in [3.05, 3.63) is 11.3 Å². The van der Waals surface area contributed by atoms with Crippen molar-refractivity contribution in [3.63, 3.8) is 0 Å². The van der Waals surface area contributed by atoms with Crippen LogP contribution < -0.4 is 0 Å². The SMILES string of the molecule is CC1=C(CC[C@H](C)CO[C@@H]2O[C@H](CO)[C@@H](O)[C@H](O)[C@H]2O)O[C@H]2C[C@H]3[C@@H]4CC[C@@H]5C[C@@H](O[C@@H]6O[C@H](CO)[C@H](O)[C@H](O)[C@H]6O[C@@H]6O[C@H](CO)[C@@H](O)[C@H](O)[C@H]6O)[C@H](O)C[C@]5(C)[C@H]4CC[C@]3(C)[C@@H]12. The van der Waals surface area contributed by atoms with Gasteiger partial charge in [-0.1, -0.05) is 20.8 Å². The molecule has 19 nitrogen and oxygen atoms in total. The molecule has 3 saturated heterocycles. The van der Waals surface area contributed by atoms with Gasteiger partial charge in [-0.3, -0.25) is 0 Å². The molecule has 8 rings (SSSR count). The molecule has 12 N–H and O–H groups in total. The Morgan fingerprint density at radius 1 is 0.656 bits per heavy atom. The summed E-state index contributed by atoms with van der Waals surface area (Å²) in [5.74, 6) is 2.88. The highest BCUT2D eigenvalue weighted by Gasteiger charge is 2.65. The zero-order valence-electron chi connectivity index (χ0n) is 37.3. The van der Waals surface area contributed by atoms with Gasteiger partial charge in [-0.2, -0.15) is 0 Å². The van der Waals surface area contributed by atoms with Crippen molar-refractivity contribution < 1.29 is 94.4 Å². The molecule has 64 heavy (non-hydrogen) atoms. The first-order valence-corrected chi connectivity index (χ1v) is 23.6. The van der Waals surface area contributed by atoms with Gasteiger partial charge in [0.05, 0.1) is 44.4 Å². The van der Waals surface area contributed by atoms with Crippen LogP contribution in [-0.4, -0.2) is 198 Å². The summed E-state index contributed by atoms with van der Waals surface area (Å²) in [5.41, 5.74) is 1.18. The molecule has 0 unspecified atom stereocenters. The van der Waals surface area contributed by atoms with Crippen LogP contribution in [-0.2, 0) is 33.2 Å². The maximum absolute atomic E-state index is 11.9. The van der Waals surface area contributed by atoms with Crippen molar-refractivity contribution in [2.24, 2.45) is 46.3 Å². The van der Waals surface area contributed by atoms with Crippen molar-refractivity contribution in [1.82, 2.24) is 0 Å². The van der Waals surface area contributed by atoms with Gasteiger partial charge in [0.2, 0.25) is 0 Å². The van der Waals surface area contributed by atoms with Gasteiger partial charge >= 0.3 is 0 Å². The summed E-state index contributed by atoms with van der Waals surface area (Å²) in [4.78, 5) is 0. The van der Waals surface area contributed by atoms with Crippen molar-refractivity contribution in [1.29, 1.82) is 0 Å². The summed E-state index contributed by atoms with van der Waals surface area (Å²) in [7, 11) is 0. The van der Waals surface area contributed by atoms with Gasteiger partial charge in [0.1, 0.15) is 79.4 Å². The molecule has 0 aromatic carbocycles. The largest absolute Gasteiger partial charge is 0.494 e. The van der Waals surface area contributed by atoms with Crippen LogP contribution in [0.4, 0.5) is 0 Å². The fraction of sp³-hybridized carbons (Fsp3) is 0.956. The number of fused-ring (bicyclic) bond motifs is 7. The number of allylic oxidation sites excluding steroid dienone is 1. The Kier molecular flexibility index (Phi) is 14.9. The number of aliphatic hydroxyl groups is 12. The number of hydrogen-bond acceptors (Lipinski definition) is 19. The predicted molar refractivity (Wildman–Crippen MR) is 219 cm³/mol. The van der Waals surface area contributed by atoms with Crippen LogP contribution in [0.1, 0.15) is 85.5 Å². The van der Waals surface area contributed by atoms with Crippen LogP contribution in [0.2, 0.25) is 0 Å². The second kappa shape index (κ2) is 19.3. The summed E-state index contributed by atoms with van der Waals surface area (Å²) in [6.45, 7) is 7.37. The molecule has 26 atom stereocenters. The Morgan fingerprint density at radius 3 is 1.89 bits per heavy atom. The van der Waals surface area contributed by atoms with Crippen LogP contribution in [0.15, 0.2) is 11.3 Å². The van der Waals surface area contributed by atoms with Crippen LogP contribution in [0.3, 0.4) is 0 Å². The van der Waals surface area contributed by atoms with Crippen LogP contribution in [0.5, 0.6) is 0 Å². The Hall–Kier alpha value is -1.18. The maximum Gasteiger partial charge on any atom is 0.187 e. The second-order valence-corrected chi connectivity index (χ2v) is 21.0. The van der Waals surface area contributed by atoms with Gasteiger partial charge in [-0.15, -0.1) is 0 Å². The third kappa shape index (κ3) is 8.63. The van der Waals surface area contributed by atoms with Gasteiger partial charge in [-0.25, -0.2) is 0 Å². The molecule has 0 spiro atoms. The first-order chi connectivity index (χ1) is 30.4. The minimum atomic E-state index is -1.79. The molecule has 4 heterocycles. The summed E-state index contributed by atoms with van der Waals surface area (Å²) >= 11 is 0. The first kappa shape index (κ1) is 49.2. The lowest BCUT2D eigenvalue weighted by atomic mass is 9.44. The molecule has 368 valence electrons. The molecule has 19 heteroatoms. The average Bonchev–Trinajstić information content (AvgIpc) is 3.76. The lowest BCUT2D eigenvalue weighted by Gasteiger charge is -2.61. The summed E-state index contributed by atoms with van der Waals surface area (Å²) in [5, 5.41) is 125. The molecular formula is C45H74O19. The van der Waals surface area contributed by atoms with E-state index in [1.165, 1.54) is 5.57 Å². The molecule has 0 radical (unpaired) electrons. The van der Waals surface area contributed by atoms with Gasteiger partial charge in [-0.05, 0) is 104 Å². The van der Waals surface area contributed by atoms with Crippen LogP contribution in [0, 0.1) is 46.3 Å². The van der Waals surface area contributed by atoms with E-state index in [1.807, 2.05) is 6.92 Å². The van der Waals surface area contributed by atoms with Crippen LogP contribution in [0.25, 0.3) is 0 Å². The highest BCUT2D eigenvalue weighted by Crippen LogP contribution is 2.70. The molecule has 0 aromatic rings. The van der Waals surface area contributed by atoms with Gasteiger partial charge < -0.3 is 94.4 Å². The van der Waals surface area contributed by atoms with E-state index in [2.05, 4.69) is 20.8 Å². The number of rotatable bonds is 13. The Balaban J connectivity index is 0.888. The van der Waals surface area contributed by atoms with E-state index in [9.17, 15) is 61.3 Å². The van der Waals surface area contributed by atoms with Gasteiger partial charge in [0, 0.05) is 12.3 Å². The predicted octanol–water partition coefficient (Wildman–Crippen LogP) is -1.86. The van der Waals surface area contributed by atoms with Gasteiger partial charge in [0.15, 0.2) is 18.9 Å². The molecule has 0 aromatic heterocycles. The molecule has 4 aliphatic heterocycles. The van der Waals surface area contributed by atoms with Crippen LogP contribution >= 0.6 is 0 Å². The van der Waals surface area contributed by atoms with E-state index in [4.69, 9.17) is 33.2 Å². The third-order valence-electron chi connectivity index (χ3n) is 17.4. The number of ether oxygens (including phenoxy) is 7. The summed E-state index contributed by atoms with van der Waals surface area (Å²) in [6, 6.07) is 0. The van der Waals surface area contributed by atoms with Crippen molar-refractivity contribution in [2.75, 3.05) is 26.4 Å². The molecule has 4 saturated carbocycles. The zero-order chi connectivity index (χ0) is 46.2. The smallest absolute Gasteiger partial charge is 0.187 e. The van der Waals surface area contributed by atoms with E-state index >= 15 is 0 Å². The van der Waals surface area contributed by atoms with E-state index in [1.54, 1.807) is 0 Å². The topological polar surface area (TPSA) is 307 Å². The van der Waals surface area contributed by atoms with Crippen molar-refractivity contribution in [3.8, 4) is 0 Å². The summed E-state index contributed by atoms with van der Waals surface area (Å²) < 4.78 is 41.9. The quantitative estimate of drug-likeness (QED) is 0.0902. The van der Waals surface area contributed by atoms with Crippen molar-refractivity contribution in [2.45, 2.75) is 196 Å². The molecule has 8 aliphatic rings. The molecule has 0 amide bonds. The van der Waals surface area contributed by atoms with E-state index in [0.29, 0.717) is 36.5 Å². The number of hydrogen-bond donors (Lipinski definition) is 12. The molecular weight excluding hydrogens is 844 g/mol. The standard InChI is InChI=1S/C45H74O19/c1-18(17-58-41-38(56)35(53)32(50)28(14-46)61-41)5-8-25-19(2)31-27(59-25)12-23-21-7-6-20-11-26(24(49)13-45(20,4)22(21)9-10-44(23,31)3)60-43-40(37(55)34(52)30(16-48)63-43)64-42-39(57)36(54)33(51)29(15-47)62-42/h18,20-24,26-43,46-57H,5-17H2,1-4H3/t18-,20+,21+,22-,23-,24+,26+,27-,28+,29+,30+,31-,32+,33+,34-,35-,36-,37-,38+,39+,40+,41+,42-,43+,44-,45-/m0/s1. The monoisotopic (exact) mass is 918 g/mol.